The molecule has 0 atom stereocenters. The SMILES string of the molecule is C=C(/C=C\C)NS(=O)(=O)c1ccc(O)c(C(=O)OC)c1. The molecule has 1 aromatic rings. The van der Waals surface area contributed by atoms with Crippen molar-refractivity contribution in [2.45, 2.75) is 11.8 Å². The number of nitrogens with one attached hydrogen (secondary N) is 1. The summed E-state index contributed by atoms with van der Waals surface area (Å²) >= 11 is 0. The van der Waals surface area contributed by atoms with Gasteiger partial charge in [-0.25, -0.2) is 13.2 Å². The van der Waals surface area contributed by atoms with Gasteiger partial charge < -0.3 is 9.84 Å². The highest BCUT2D eigenvalue weighted by Gasteiger charge is 2.19. The van der Waals surface area contributed by atoms with Crippen LogP contribution in [0.1, 0.15) is 17.3 Å². The number of sulfonamides is 1. The van der Waals surface area contributed by atoms with E-state index in [2.05, 4.69) is 16.0 Å². The van der Waals surface area contributed by atoms with Crippen LogP contribution in [0.25, 0.3) is 0 Å². The van der Waals surface area contributed by atoms with Crippen LogP contribution in [-0.2, 0) is 14.8 Å². The minimum Gasteiger partial charge on any atom is -0.507 e. The molecule has 0 aliphatic rings. The Morgan fingerprint density at radius 1 is 1.45 bits per heavy atom. The quantitative estimate of drug-likeness (QED) is 0.635. The number of hydrogen-bond acceptors (Lipinski definition) is 5. The summed E-state index contributed by atoms with van der Waals surface area (Å²) < 4.78 is 30.8. The number of aromatic hydroxyl groups is 1. The maximum atomic E-state index is 12.1. The monoisotopic (exact) mass is 297 g/mol. The molecule has 0 aromatic heterocycles. The molecule has 1 rings (SSSR count). The number of allylic oxidation sites excluding steroid dienone is 2. The number of methoxy groups -OCH3 is 1. The minimum atomic E-state index is -3.88. The van der Waals surface area contributed by atoms with Crippen LogP contribution in [-0.4, -0.2) is 26.6 Å². The van der Waals surface area contributed by atoms with Gasteiger partial charge >= 0.3 is 5.97 Å². The van der Waals surface area contributed by atoms with Gasteiger partial charge in [0.15, 0.2) is 0 Å². The molecule has 0 unspecified atom stereocenters. The lowest BCUT2D eigenvalue weighted by Crippen LogP contribution is -2.22. The van der Waals surface area contributed by atoms with Gasteiger partial charge in [0, 0.05) is 5.70 Å². The smallest absolute Gasteiger partial charge is 0.341 e. The largest absolute Gasteiger partial charge is 0.507 e. The predicted octanol–water partition coefficient (Wildman–Crippen LogP) is 1.55. The molecule has 0 aliphatic carbocycles. The zero-order valence-corrected chi connectivity index (χ0v) is 11.9. The molecular formula is C13H15NO5S. The fourth-order valence-electron chi connectivity index (χ4n) is 1.42. The van der Waals surface area contributed by atoms with Crippen LogP contribution in [0.15, 0.2) is 47.5 Å². The van der Waals surface area contributed by atoms with E-state index in [1.807, 2.05) is 0 Å². The summed E-state index contributed by atoms with van der Waals surface area (Å²) in [6.45, 7) is 5.25. The first kappa shape index (κ1) is 15.8. The third-order valence-corrected chi connectivity index (χ3v) is 3.72. The van der Waals surface area contributed by atoms with Gasteiger partial charge in [-0.15, -0.1) is 0 Å². The number of carbonyl (C=O) groups excluding carboxylic acids is 1. The van der Waals surface area contributed by atoms with Crippen molar-refractivity contribution in [1.82, 2.24) is 4.72 Å². The highest BCUT2D eigenvalue weighted by molar-refractivity contribution is 7.89. The fourth-order valence-corrected chi connectivity index (χ4v) is 2.47. The van der Waals surface area contributed by atoms with Crippen molar-refractivity contribution in [3.63, 3.8) is 0 Å². The molecule has 0 fully saturated rings. The van der Waals surface area contributed by atoms with Crippen molar-refractivity contribution in [3.8, 4) is 5.75 Å². The molecule has 0 saturated carbocycles. The van der Waals surface area contributed by atoms with E-state index in [9.17, 15) is 18.3 Å². The van der Waals surface area contributed by atoms with Crippen LogP contribution in [0, 0.1) is 0 Å². The Bertz CT molecular complexity index is 661. The second-order valence-electron chi connectivity index (χ2n) is 3.80. The Morgan fingerprint density at radius 3 is 2.65 bits per heavy atom. The summed E-state index contributed by atoms with van der Waals surface area (Å²) in [5.74, 6) is -1.19. The molecule has 7 heteroatoms. The number of carbonyl (C=O) groups is 1. The van der Waals surface area contributed by atoms with Crippen LogP contribution in [0.4, 0.5) is 0 Å². The van der Waals surface area contributed by atoms with E-state index >= 15 is 0 Å². The topological polar surface area (TPSA) is 92.7 Å². The third-order valence-electron chi connectivity index (χ3n) is 2.32. The van der Waals surface area contributed by atoms with Crippen LogP contribution in [0.2, 0.25) is 0 Å². The lowest BCUT2D eigenvalue weighted by atomic mass is 10.2. The highest BCUT2D eigenvalue weighted by Crippen LogP contribution is 2.22. The number of hydrogen-bond donors (Lipinski definition) is 2. The average Bonchev–Trinajstić information content (AvgIpc) is 2.37. The first-order chi connectivity index (χ1) is 9.31. The number of rotatable bonds is 5. The zero-order chi connectivity index (χ0) is 15.3. The van der Waals surface area contributed by atoms with Crippen molar-refractivity contribution < 1.29 is 23.1 Å². The Morgan fingerprint density at radius 2 is 2.10 bits per heavy atom. The van der Waals surface area contributed by atoms with Crippen LogP contribution >= 0.6 is 0 Å². The van der Waals surface area contributed by atoms with Gasteiger partial charge in [0.1, 0.15) is 11.3 Å². The van der Waals surface area contributed by atoms with E-state index in [4.69, 9.17) is 0 Å². The summed E-state index contributed by atoms with van der Waals surface area (Å²) in [5, 5.41) is 9.52. The lowest BCUT2D eigenvalue weighted by molar-refractivity contribution is 0.0597. The maximum Gasteiger partial charge on any atom is 0.341 e. The van der Waals surface area contributed by atoms with Crippen molar-refractivity contribution in [3.05, 3.63) is 48.2 Å². The molecule has 6 nitrogen and oxygen atoms in total. The second-order valence-corrected chi connectivity index (χ2v) is 5.48. The normalized spacial score (nSPS) is 11.3. The average molecular weight is 297 g/mol. The van der Waals surface area contributed by atoms with Gasteiger partial charge in [-0.3, -0.25) is 4.72 Å². The van der Waals surface area contributed by atoms with E-state index in [1.165, 1.54) is 12.1 Å². The molecule has 20 heavy (non-hydrogen) atoms. The standard InChI is InChI=1S/C13H15NO5S/c1-4-5-9(2)14-20(17,18)10-6-7-12(15)11(8-10)13(16)19-3/h4-8,14-15H,2H2,1,3H3/b5-4-. The summed E-state index contributed by atoms with van der Waals surface area (Å²) in [7, 11) is -2.75. The van der Waals surface area contributed by atoms with E-state index in [1.54, 1.807) is 13.0 Å². The predicted molar refractivity (Wildman–Crippen MR) is 73.7 cm³/mol. The van der Waals surface area contributed by atoms with Crippen molar-refractivity contribution >= 4 is 16.0 Å². The molecule has 0 heterocycles. The number of phenolic OH excluding ortho intramolecular Hbond substituents is 1. The van der Waals surface area contributed by atoms with Crippen molar-refractivity contribution in [2.75, 3.05) is 7.11 Å². The van der Waals surface area contributed by atoms with Gasteiger partial charge in [-0.2, -0.15) is 0 Å². The summed E-state index contributed by atoms with van der Waals surface area (Å²) in [4.78, 5) is 11.2. The molecule has 2 N–H and O–H groups in total. The molecule has 1 aromatic carbocycles. The van der Waals surface area contributed by atoms with Crippen LogP contribution in [0.5, 0.6) is 5.75 Å². The molecule has 0 amide bonds. The molecule has 108 valence electrons. The minimum absolute atomic E-state index is 0.179. The molecule has 0 bridgehead atoms. The molecular weight excluding hydrogens is 282 g/mol. The van der Waals surface area contributed by atoms with E-state index in [-0.39, 0.29) is 21.9 Å². The number of esters is 1. The molecule has 0 radical (unpaired) electrons. The van der Waals surface area contributed by atoms with Gasteiger partial charge in [-0.1, -0.05) is 12.7 Å². The summed E-state index contributed by atoms with van der Waals surface area (Å²) in [6.07, 6.45) is 3.11. The van der Waals surface area contributed by atoms with Crippen LogP contribution < -0.4 is 4.72 Å². The van der Waals surface area contributed by atoms with Gasteiger partial charge in [-0.05, 0) is 31.2 Å². The van der Waals surface area contributed by atoms with Gasteiger partial charge in [0.25, 0.3) is 10.0 Å². The third kappa shape index (κ3) is 3.61. The Balaban J connectivity index is 3.20. The summed E-state index contributed by atoms with van der Waals surface area (Å²) in [5.41, 5.74) is -0.0489. The van der Waals surface area contributed by atoms with Crippen molar-refractivity contribution in [2.24, 2.45) is 0 Å². The van der Waals surface area contributed by atoms with Crippen molar-refractivity contribution in [1.29, 1.82) is 0 Å². The lowest BCUT2D eigenvalue weighted by Gasteiger charge is -2.09. The molecule has 0 saturated heterocycles. The Kier molecular flexibility index (Phi) is 4.93. The van der Waals surface area contributed by atoms with Crippen LogP contribution in [0.3, 0.4) is 0 Å². The molecule has 0 spiro atoms. The Labute approximate surface area is 117 Å². The van der Waals surface area contributed by atoms with Gasteiger partial charge in [0.2, 0.25) is 0 Å². The van der Waals surface area contributed by atoms with Gasteiger partial charge in [0.05, 0.1) is 12.0 Å². The first-order valence-electron chi connectivity index (χ1n) is 5.57. The van der Waals surface area contributed by atoms with E-state index in [0.717, 1.165) is 19.2 Å². The van der Waals surface area contributed by atoms with E-state index < -0.39 is 16.0 Å². The Hall–Kier alpha value is -2.28. The number of ether oxygens (including phenoxy) is 1. The maximum absolute atomic E-state index is 12.1. The number of benzene rings is 1. The number of phenols is 1. The fraction of sp³-hybridized carbons (Fsp3) is 0.154. The zero-order valence-electron chi connectivity index (χ0n) is 11.1. The summed E-state index contributed by atoms with van der Waals surface area (Å²) in [6, 6.07) is 3.32. The second kappa shape index (κ2) is 6.25. The van der Waals surface area contributed by atoms with E-state index in [0.29, 0.717) is 0 Å². The molecule has 0 aliphatic heterocycles. The first-order valence-corrected chi connectivity index (χ1v) is 7.06. The highest BCUT2D eigenvalue weighted by atomic mass is 32.2.